The van der Waals surface area contributed by atoms with Crippen LogP contribution in [0.5, 0.6) is 0 Å². The summed E-state index contributed by atoms with van der Waals surface area (Å²) in [5.41, 5.74) is 0. The first kappa shape index (κ1) is 15.2. The van der Waals surface area contributed by atoms with Crippen molar-refractivity contribution >= 4 is 21.9 Å². The third-order valence-electron chi connectivity index (χ3n) is 3.93. The molecule has 8 heteroatoms. The number of hydrogen-bond donors (Lipinski definition) is 1. The lowest BCUT2D eigenvalue weighted by Gasteiger charge is -2.25. The van der Waals surface area contributed by atoms with Crippen LogP contribution >= 0.6 is 0 Å². The first-order valence-electron chi connectivity index (χ1n) is 6.80. The average molecular weight is 304 g/mol. The van der Waals surface area contributed by atoms with Crippen LogP contribution in [0, 0.1) is 5.92 Å². The van der Waals surface area contributed by atoms with Crippen LogP contribution < -0.4 is 5.32 Å². The molecule has 2 atom stereocenters. The third kappa shape index (κ3) is 2.95. The van der Waals surface area contributed by atoms with Gasteiger partial charge in [-0.3, -0.25) is 9.59 Å². The van der Waals surface area contributed by atoms with Crippen molar-refractivity contribution in [2.75, 3.05) is 26.7 Å². The number of methoxy groups -OCH3 is 1. The highest BCUT2D eigenvalue weighted by atomic mass is 32.2. The fraction of sp³-hybridized carbons (Fsp3) is 0.833. The molecule has 0 radical (unpaired) electrons. The molecule has 7 nitrogen and oxygen atoms in total. The summed E-state index contributed by atoms with van der Waals surface area (Å²) in [5.74, 6) is -1.38. The van der Waals surface area contributed by atoms with E-state index in [9.17, 15) is 18.0 Å². The van der Waals surface area contributed by atoms with Crippen molar-refractivity contribution in [3.05, 3.63) is 0 Å². The van der Waals surface area contributed by atoms with Crippen LogP contribution in [-0.4, -0.2) is 56.6 Å². The Balaban J connectivity index is 2.20. The Labute approximate surface area is 118 Å². The zero-order valence-corrected chi connectivity index (χ0v) is 12.3. The van der Waals surface area contributed by atoms with Gasteiger partial charge in [0, 0.05) is 13.1 Å². The monoisotopic (exact) mass is 304 g/mol. The number of nitrogens with one attached hydrogen (secondary N) is 1. The molecule has 0 aromatic rings. The van der Waals surface area contributed by atoms with Gasteiger partial charge in [-0.25, -0.2) is 8.42 Å². The lowest BCUT2D eigenvalue weighted by atomic mass is 10.1. The van der Waals surface area contributed by atoms with Crippen LogP contribution in [0.3, 0.4) is 0 Å². The van der Waals surface area contributed by atoms with Gasteiger partial charge in [-0.1, -0.05) is 6.42 Å². The summed E-state index contributed by atoms with van der Waals surface area (Å²) in [7, 11) is -2.38. The zero-order chi connectivity index (χ0) is 14.8. The number of nitrogens with zero attached hydrogens (tertiary/aromatic N) is 1. The first-order chi connectivity index (χ1) is 9.46. The molecule has 2 aliphatic rings. The van der Waals surface area contributed by atoms with Crippen molar-refractivity contribution in [2.24, 2.45) is 5.92 Å². The van der Waals surface area contributed by atoms with Crippen molar-refractivity contribution in [2.45, 2.75) is 30.9 Å². The maximum absolute atomic E-state index is 12.7. The first-order valence-corrected chi connectivity index (χ1v) is 8.30. The van der Waals surface area contributed by atoms with Crippen molar-refractivity contribution < 1.29 is 22.7 Å². The minimum Gasteiger partial charge on any atom is -0.469 e. The van der Waals surface area contributed by atoms with Gasteiger partial charge in [-0.05, 0) is 19.3 Å². The van der Waals surface area contributed by atoms with Crippen molar-refractivity contribution in [3.8, 4) is 0 Å². The normalized spacial score (nSPS) is 28.8. The van der Waals surface area contributed by atoms with Gasteiger partial charge < -0.3 is 10.1 Å². The summed E-state index contributed by atoms with van der Waals surface area (Å²) in [5, 5.41) is 1.88. The predicted octanol–water partition coefficient (Wildman–Crippen LogP) is -0.520. The van der Waals surface area contributed by atoms with E-state index in [-0.39, 0.29) is 12.5 Å². The smallest absolute Gasteiger partial charge is 0.310 e. The van der Waals surface area contributed by atoms with Crippen LogP contribution in [0.2, 0.25) is 0 Å². The van der Waals surface area contributed by atoms with Crippen molar-refractivity contribution in [1.29, 1.82) is 0 Å². The second-order valence-electron chi connectivity index (χ2n) is 5.18. The summed E-state index contributed by atoms with van der Waals surface area (Å²) in [6.45, 7) is 0.633. The summed E-state index contributed by atoms with van der Waals surface area (Å²) in [4.78, 5) is 23.2. The Morgan fingerprint density at radius 2 is 2.10 bits per heavy atom. The molecule has 0 aromatic carbocycles. The average Bonchev–Trinajstić information content (AvgIpc) is 2.81. The Morgan fingerprint density at radius 3 is 2.80 bits per heavy atom. The molecule has 1 aliphatic carbocycles. The molecule has 1 N–H and O–H groups in total. The van der Waals surface area contributed by atoms with Crippen LogP contribution in [0.1, 0.15) is 25.7 Å². The standard InChI is InChI=1S/C12H20N2O5S/c1-19-12(16)9-4-2-5-10(9)20(17,18)14-7-3-6-13-11(15)8-14/h9-10H,2-8H2,1H3,(H,13,15). The Bertz CT molecular complexity index is 490. The molecule has 1 aliphatic heterocycles. The highest BCUT2D eigenvalue weighted by Gasteiger charge is 2.45. The Morgan fingerprint density at radius 1 is 1.35 bits per heavy atom. The molecule has 1 saturated carbocycles. The second kappa shape index (κ2) is 6.09. The molecule has 2 unspecified atom stereocenters. The Hall–Kier alpha value is -1.15. The summed E-state index contributed by atoms with van der Waals surface area (Å²) in [6.07, 6.45) is 2.24. The van der Waals surface area contributed by atoms with E-state index in [0.717, 1.165) is 0 Å². The quantitative estimate of drug-likeness (QED) is 0.708. The van der Waals surface area contributed by atoms with E-state index in [2.05, 4.69) is 5.32 Å². The van der Waals surface area contributed by atoms with Gasteiger partial charge in [0.05, 0.1) is 24.8 Å². The molecule has 0 spiro atoms. The van der Waals surface area contributed by atoms with Crippen molar-refractivity contribution in [3.63, 3.8) is 0 Å². The summed E-state index contributed by atoms with van der Waals surface area (Å²) in [6, 6.07) is 0. The summed E-state index contributed by atoms with van der Waals surface area (Å²) >= 11 is 0. The van der Waals surface area contributed by atoms with E-state index in [1.54, 1.807) is 0 Å². The van der Waals surface area contributed by atoms with E-state index in [0.29, 0.717) is 38.8 Å². The molecule has 1 saturated heterocycles. The number of rotatable bonds is 3. The summed E-state index contributed by atoms with van der Waals surface area (Å²) < 4.78 is 31.2. The number of carbonyl (C=O) groups is 2. The molecule has 2 rings (SSSR count). The van der Waals surface area contributed by atoms with Crippen LogP contribution in [0.4, 0.5) is 0 Å². The number of sulfonamides is 1. The number of ether oxygens (including phenoxy) is 1. The van der Waals surface area contributed by atoms with Gasteiger partial charge >= 0.3 is 5.97 Å². The van der Waals surface area contributed by atoms with E-state index < -0.39 is 27.2 Å². The number of carbonyl (C=O) groups excluding carboxylic acids is 2. The van der Waals surface area contributed by atoms with Gasteiger partial charge in [0.1, 0.15) is 0 Å². The molecule has 20 heavy (non-hydrogen) atoms. The fourth-order valence-corrected chi connectivity index (χ4v) is 5.08. The second-order valence-corrected chi connectivity index (χ2v) is 7.33. The van der Waals surface area contributed by atoms with E-state index in [1.807, 2.05) is 0 Å². The van der Waals surface area contributed by atoms with E-state index in [1.165, 1.54) is 11.4 Å². The number of hydrogen-bond acceptors (Lipinski definition) is 5. The molecular formula is C12H20N2O5S. The molecule has 1 heterocycles. The number of amides is 1. The zero-order valence-electron chi connectivity index (χ0n) is 11.5. The third-order valence-corrected chi connectivity index (χ3v) is 6.29. The van der Waals surface area contributed by atoms with Crippen LogP contribution in [0.15, 0.2) is 0 Å². The molecule has 114 valence electrons. The fourth-order valence-electron chi connectivity index (χ4n) is 2.89. The molecule has 0 bridgehead atoms. The van der Waals surface area contributed by atoms with E-state index in [4.69, 9.17) is 4.74 Å². The minimum atomic E-state index is -3.65. The van der Waals surface area contributed by atoms with Crippen LogP contribution in [0.25, 0.3) is 0 Å². The SMILES string of the molecule is COC(=O)C1CCCC1S(=O)(=O)N1CCCNC(=O)C1. The van der Waals surface area contributed by atoms with Gasteiger partial charge in [0.15, 0.2) is 0 Å². The molecule has 0 aromatic heterocycles. The predicted molar refractivity (Wildman–Crippen MR) is 71.3 cm³/mol. The lowest BCUT2D eigenvalue weighted by molar-refractivity contribution is -0.145. The highest BCUT2D eigenvalue weighted by Crippen LogP contribution is 2.33. The maximum atomic E-state index is 12.7. The highest BCUT2D eigenvalue weighted by molar-refractivity contribution is 7.89. The lowest BCUT2D eigenvalue weighted by Crippen LogP contribution is -2.45. The number of esters is 1. The molecule has 1 amide bonds. The van der Waals surface area contributed by atoms with Crippen molar-refractivity contribution in [1.82, 2.24) is 9.62 Å². The van der Waals surface area contributed by atoms with Gasteiger partial charge in [-0.2, -0.15) is 4.31 Å². The van der Waals surface area contributed by atoms with Gasteiger partial charge in [-0.15, -0.1) is 0 Å². The van der Waals surface area contributed by atoms with Crippen LogP contribution in [-0.2, 0) is 24.3 Å². The van der Waals surface area contributed by atoms with Gasteiger partial charge in [0.2, 0.25) is 15.9 Å². The minimum absolute atomic E-state index is 0.160. The topological polar surface area (TPSA) is 92.8 Å². The van der Waals surface area contributed by atoms with Gasteiger partial charge in [0.25, 0.3) is 0 Å². The largest absolute Gasteiger partial charge is 0.469 e. The molecular weight excluding hydrogens is 284 g/mol. The van der Waals surface area contributed by atoms with E-state index >= 15 is 0 Å². The molecule has 2 fully saturated rings. The Kier molecular flexibility index (Phi) is 4.64. The maximum Gasteiger partial charge on any atom is 0.310 e.